The second-order valence-electron chi connectivity index (χ2n) is 4.68. The molecule has 0 saturated carbocycles. The van der Waals surface area contributed by atoms with E-state index in [0.717, 1.165) is 0 Å². The molecule has 0 bridgehead atoms. The van der Waals surface area contributed by atoms with Crippen LogP contribution in [0.4, 0.5) is 0 Å². The molecule has 0 aliphatic carbocycles. The number of hydrogen-bond acceptors (Lipinski definition) is 6. The average molecular weight is 462 g/mol. The maximum atomic E-state index is 12.3. The number of benzene rings is 2. The van der Waals surface area contributed by atoms with E-state index in [2.05, 4.69) is 0 Å². The summed E-state index contributed by atoms with van der Waals surface area (Å²) >= 11 is -4.41. The number of carbonyl (C=O) groups is 1. The summed E-state index contributed by atoms with van der Waals surface area (Å²) in [5.74, 6) is 0.0992. The molecule has 3 rings (SSSR count). The first-order valence-corrected chi connectivity index (χ1v) is 10.9. The molecular weight excluding hydrogens is 447 g/mol. The Labute approximate surface area is 150 Å². The Hall–Kier alpha value is -1.49. The van der Waals surface area contributed by atoms with Gasteiger partial charge in [-0.15, -0.1) is 0 Å². The molecule has 0 amide bonds. The van der Waals surface area contributed by atoms with Crippen molar-refractivity contribution in [2.75, 3.05) is 20.3 Å². The summed E-state index contributed by atoms with van der Waals surface area (Å²) in [5.41, 5.74) is 0.417. The molecule has 1 aliphatic rings. The SMILES string of the molecule is COCCOc1ccc2c(c1)C(=O)OI2OS(=O)c1ccccc1. The topological polar surface area (TPSA) is 71.1 Å². The van der Waals surface area contributed by atoms with Gasteiger partial charge >= 0.3 is 150 Å². The van der Waals surface area contributed by atoms with Gasteiger partial charge in [-0.3, -0.25) is 0 Å². The summed E-state index contributed by atoms with van der Waals surface area (Å²) < 4.78 is 34.2. The number of rotatable bonds is 7. The van der Waals surface area contributed by atoms with Crippen molar-refractivity contribution in [1.82, 2.24) is 0 Å². The van der Waals surface area contributed by atoms with Gasteiger partial charge in [0, 0.05) is 0 Å². The van der Waals surface area contributed by atoms with Crippen LogP contribution in [0.5, 0.6) is 5.75 Å². The molecular formula is C16H15IO6S. The fourth-order valence-corrected chi connectivity index (χ4v) is 7.07. The first-order valence-electron chi connectivity index (χ1n) is 7.03. The van der Waals surface area contributed by atoms with E-state index in [1.54, 1.807) is 49.6 Å². The summed E-state index contributed by atoms with van der Waals surface area (Å²) in [7, 11) is 1.59. The first-order chi connectivity index (χ1) is 11.7. The van der Waals surface area contributed by atoms with E-state index in [9.17, 15) is 9.00 Å². The zero-order valence-electron chi connectivity index (χ0n) is 12.8. The predicted octanol–water partition coefficient (Wildman–Crippen LogP) is 3.13. The van der Waals surface area contributed by atoms with Crippen molar-refractivity contribution in [3.8, 4) is 5.75 Å². The molecule has 1 atom stereocenters. The summed E-state index contributed by atoms with van der Waals surface area (Å²) in [5, 5.41) is 0. The first kappa shape index (κ1) is 17.3. The van der Waals surface area contributed by atoms with Gasteiger partial charge in [-0.05, 0) is 0 Å². The molecule has 0 saturated heterocycles. The van der Waals surface area contributed by atoms with Gasteiger partial charge in [-0.1, -0.05) is 0 Å². The van der Waals surface area contributed by atoms with E-state index in [0.29, 0.717) is 33.0 Å². The van der Waals surface area contributed by atoms with Gasteiger partial charge in [0.15, 0.2) is 0 Å². The van der Waals surface area contributed by atoms with Crippen molar-refractivity contribution in [2.24, 2.45) is 0 Å². The molecule has 2 aromatic rings. The van der Waals surface area contributed by atoms with Gasteiger partial charge in [-0.2, -0.15) is 0 Å². The molecule has 0 fully saturated rings. The fraction of sp³-hybridized carbons (Fsp3) is 0.188. The van der Waals surface area contributed by atoms with E-state index >= 15 is 0 Å². The molecule has 0 N–H and O–H groups in total. The third-order valence-corrected chi connectivity index (χ3v) is 8.61. The van der Waals surface area contributed by atoms with E-state index in [1.807, 2.05) is 6.07 Å². The van der Waals surface area contributed by atoms with E-state index < -0.39 is 37.7 Å². The number of fused-ring (bicyclic) bond motifs is 1. The van der Waals surface area contributed by atoms with Crippen LogP contribution in [0.2, 0.25) is 0 Å². The van der Waals surface area contributed by atoms with Crippen LogP contribution in [0.25, 0.3) is 0 Å². The Morgan fingerprint density at radius 2 is 1.92 bits per heavy atom. The van der Waals surface area contributed by atoms with Crippen molar-refractivity contribution >= 4 is 37.7 Å². The number of carbonyl (C=O) groups excluding carboxylic acids is 1. The van der Waals surface area contributed by atoms with Crippen LogP contribution < -0.4 is 4.74 Å². The monoisotopic (exact) mass is 462 g/mol. The van der Waals surface area contributed by atoms with Crippen LogP contribution >= 0.6 is 20.6 Å². The molecule has 1 unspecified atom stereocenters. The van der Waals surface area contributed by atoms with Gasteiger partial charge < -0.3 is 0 Å². The second-order valence-corrected chi connectivity index (χ2v) is 9.66. The molecule has 6 nitrogen and oxygen atoms in total. The number of ether oxygens (including phenoxy) is 2. The minimum atomic E-state index is -2.75. The van der Waals surface area contributed by atoms with E-state index in [4.69, 9.17) is 15.1 Å². The minimum absolute atomic E-state index is 0.390. The van der Waals surface area contributed by atoms with E-state index in [1.165, 1.54) is 0 Å². The number of halogens is 1. The zero-order chi connectivity index (χ0) is 16.9. The van der Waals surface area contributed by atoms with Crippen LogP contribution in [0.15, 0.2) is 53.4 Å². The Morgan fingerprint density at radius 3 is 2.67 bits per heavy atom. The Morgan fingerprint density at radius 1 is 1.12 bits per heavy atom. The van der Waals surface area contributed by atoms with Crippen LogP contribution in [-0.2, 0) is 21.4 Å². The molecule has 8 heteroatoms. The number of methoxy groups -OCH3 is 1. The zero-order valence-corrected chi connectivity index (χ0v) is 15.7. The van der Waals surface area contributed by atoms with E-state index in [-0.39, 0.29) is 0 Å². The molecule has 0 aromatic heterocycles. The van der Waals surface area contributed by atoms with Gasteiger partial charge in [0.25, 0.3) is 0 Å². The number of hydrogen-bond donors (Lipinski definition) is 0. The Kier molecular flexibility index (Phi) is 5.82. The third kappa shape index (κ3) is 3.94. The van der Waals surface area contributed by atoms with Gasteiger partial charge in [0.1, 0.15) is 0 Å². The van der Waals surface area contributed by atoms with Gasteiger partial charge in [-0.25, -0.2) is 0 Å². The van der Waals surface area contributed by atoms with Crippen molar-refractivity contribution in [1.29, 1.82) is 0 Å². The Bertz CT molecular complexity index is 751. The second kappa shape index (κ2) is 8.06. The quantitative estimate of drug-likeness (QED) is 0.465. The molecule has 128 valence electrons. The van der Waals surface area contributed by atoms with Crippen LogP contribution in [0.1, 0.15) is 10.4 Å². The fourth-order valence-electron chi connectivity index (χ4n) is 1.94. The van der Waals surface area contributed by atoms with Gasteiger partial charge in [0.2, 0.25) is 0 Å². The Balaban J connectivity index is 1.73. The molecule has 2 aromatic carbocycles. The van der Waals surface area contributed by atoms with Crippen LogP contribution in [-0.4, -0.2) is 30.5 Å². The van der Waals surface area contributed by atoms with Crippen molar-refractivity contribution in [2.45, 2.75) is 4.90 Å². The maximum absolute atomic E-state index is 12.3. The molecule has 1 aliphatic heterocycles. The van der Waals surface area contributed by atoms with Crippen molar-refractivity contribution in [3.63, 3.8) is 0 Å². The summed E-state index contributed by atoms with van der Waals surface area (Å²) in [6, 6.07) is 13.9. The van der Waals surface area contributed by atoms with Crippen LogP contribution in [0, 0.1) is 3.57 Å². The molecule has 0 radical (unpaired) electrons. The average Bonchev–Trinajstić information content (AvgIpc) is 2.91. The van der Waals surface area contributed by atoms with Crippen LogP contribution in [0.3, 0.4) is 0 Å². The van der Waals surface area contributed by atoms with Crippen molar-refractivity contribution in [3.05, 3.63) is 57.7 Å². The van der Waals surface area contributed by atoms with Gasteiger partial charge in [0.05, 0.1) is 0 Å². The predicted molar refractivity (Wildman–Crippen MR) is 95.9 cm³/mol. The summed E-state index contributed by atoms with van der Waals surface area (Å²) in [4.78, 5) is 12.6. The molecule has 24 heavy (non-hydrogen) atoms. The summed E-state index contributed by atoms with van der Waals surface area (Å²) in [6.07, 6.45) is 0. The normalized spacial score (nSPS) is 15.7. The molecule has 0 spiro atoms. The summed E-state index contributed by atoms with van der Waals surface area (Å²) in [6.45, 7) is 0.848. The standard InChI is InChI=1S/C16H15IO6S/c1-20-9-10-21-12-7-8-15-14(11-12)16(18)22-17(15)23-24(19)13-5-3-2-4-6-13/h2-8,11H,9-10H2,1H3. The van der Waals surface area contributed by atoms with Crippen molar-refractivity contribution < 1.29 is 24.1 Å². The molecule has 1 heterocycles. The third-order valence-electron chi connectivity index (χ3n) is 3.07.